The highest BCUT2D eigenvalue weighted by atomic mass is 16.5. The van der Waals surface area contributed by atoms with Crippen molar-refractivity contribution in [3.63, 3.8) is 0 Å². The van der Waals surface area contributed by atoms with Crippen molar-refractivity contribution < 1.29 is 14.6 Å². The summed E-state index contributed by atoms with van der Waals surface area (Å²) in [6.45, 7) is 2.23. The molecule has 100 valence electrons. The van der Waals surface area contributed by atoms with Crippen molar-refractivity contribution in [3.05, 3.63) is 29.3 Å². The number of nitrogens with one attached hydrogen (secondary N) is 1. The molecule has 5 heteroatoms. The van der Waals surface area contributed by atoms with E-state index in [1.807, 2.05) is 13.0 Å². The van der Waals surface area contributed by atoms with Gasteiger partial charge in [-0.2, -0.15) is 0 Å². The van der Waals surface area contributed by atoms with Crippen LogP contribution in [0, 0.1) is 6.92 Å². The van der Waals surface area contributed by atoms with Crippen LogP contribution in [0.4, 0.5) is 5.69 Å². The zero-order valence-electron chi connectivity index (χ0n) is 10.8. The third-order valence-corrected chi connectivity index (χ3v) is 2.69. The fourth-order valence-corrected chi connectivity index (χ4v) is 1.70. The molecule has 0 radical (unpaired) electrons. The van der Waals surface area contributed by atoms with Crippen LogP contribution in [0.25, 0.3) is 0 Å². The number of carbonyl (C=O) groups excluding carboxylic acids is 1. The van der Waals surface area contributed by atoms with Crippen LogP contribution in [0.2, 0.25) is 0 Å². The number of methoxy groups -OCH3 is 1. The van der Waals surface area contributed by atoms with E-state index in [4.69, 9.17) is 15.6 Å². The van der Waals surface area contributed by atoms with Gasteiger partial charge in [0.15, 0.2) is 0 Å². The topological polar surface area (TPSA) is 84.6 Å². The lowest BCUT2D eigenvalue weighted by Gasteiger charge is -2.17. The predicted molar refractivity (Wildman–Crippen MR) is 70.4 cm³/mol. The first-order valence-corrected chi connectivity index (χ1v) is 5.85. The quantitative estimate of drug-likeness (QED) is 0.651. The number of nitrogen functional groups attached to an aromatic ring is 1. The van der Waals surface area contributed by atoms with Gasteiger partial charge in [0.25, 0.3) is 5.91 Å². The molecular weight excluding hydrogens is 232 g/mol. The summed E-state index contributed by atoms with van der Waals surface area (Å²) in [6, 6.07) is 5.01. The maximum atomic E-state index is 12.1. The lowest BCUT2D eigenvalue weighted by molar-refractivity contribution is 0.0878. The van der Waals surface area contributed by atoms with E-state index in [0.717, 1.165) is 5.56 Å². The van der Waals surface area contributed by atoms with Crippen molar-refractivity contribution in [3.8, 4) is 0 Å². The van der Waals surface area contributed by atoms with Gasteiger partial charge in [0.1, 0.15) is 0 Å². The molecule has 0 fully saturated rings. The molecule has 0 heterocycles. The molecule has 18 heavy (non-hydrogen) atoms. The Labute approximate surface area is 107 Å². The van der Waals surface area contributed by atoms with E-state index >= 15 is 0 Å². The third-order valence-electron chi connectivity index (χ3n) is 2.69. The number of carbonyl (C=O) groups is 1. The summed E-state index contributed by atoms with van der Waals surface area (Å²) in [6.07, 6.45) is 0.459. The maximum absolute atomic E-state index is 12.1. The minimum atomic E-state index is -0.201. The second-order valence-corrected chi connectivity index (χ2v) is 4.21. The van der Waals surface area contributed by atoms with Gasteiger partial charge in [0.2, 0.25) is 0 Å². The van der Waals surface area contributed by atoms with Crippen molar-refractivity contribution in [1.82, 2.24) is 5.32 Å². The number of hydrogen-bond donors (Lipinski definition) is 3. The van der Waals surface area contributed by atoms with Crippen LogP contribution in [-0.4, -0.2) is 37.4 Å². The first-order valence-electron chi connectivity index (χ1n) is 5.85. The molecule has 0 saturated heterocycles. The molecule has 4 N–H and O–H groups in total. The van der Waals surface area contributed by atoms with Gasteiger partial charge >= 0.3 is 0 Å². The SMILES string of the molecule is COCC(CCO)NC(=O)c1cc(N)ccc1C. The molecule has 0 aromatic heterocycles. The van der Waals surface area contributed by atoms with E-state index in [-0.39, 0.29) is 18.6 Å². The first-order chi connectivity index (χ1) is 8.58. The largest absolute Gasteiger partial charge is 0.399 e. The summed E-state index contributed by atoms with van der Waals surface area (Å²) in [4.78, 5) is 12.1. The highest BCUT2D eigenvalue weighted by Crippen LogP contribution is 2.12. The molecular formula is C13H20N2O3. The van der Waals surface area contributed by atoms with E-state index in [2.05, 4.69) is 5.32 Å². The Bertz CT molecular complexity index is 401. The summed E-state index contributed by atoms with van der Waals surface area (Å²) in [5.74, 6) is -0.199. The monoisotopic (exact) mass is 252 g/mol. The molecule has 1 rings (SSSR count). The van der Waals surface area contributed by atoms with Gasteiger partial charge in [0, 0.05) is 25.0 Å². The van der Waals surface area contributed by atoms with E-state index in [0.29, 0.717) is 24.3 Å². The highest BCUT2D eigenvalue weighted by Gasteiger charge is 2.15. The van der Waals surface area contributed by atoms with E-state index in [1.54, 1.807) is 19.2 Å². The van der Waals surface area contributed by atoms with Crippen molar-refractivity contribution in [2.45, 2.75) is 19.4 Å². The van der Waals surface area contributed by atoms with Gasteiger partial charge in [-0.3, -0.25) is 4.79 Å². The van der Waals surface area contributed by atoms with Crippen LogP contribution >= 0.6 is 0 Å². The Morgan fingerprint density at radius 1 is 1.56 bits per heavy atom. The number of anilines is 1. The molecule has 1 atom stereocenters. The van der Waals surface area contributed by atoms with Crippen molar-refractivity contribution in [2.24, 2.45) is 0 Å². The van der Waals surface area contributed by atoms with Gasteiger partial charge in [-0.1, -0.05) is 6.07 Å². The van der Waals surface area contributed by atoms with Gasteiger partial charge in [-0.05, 0) is 31.0 Å². The van der Waals surface area contributed by atoms with Crippen LogP contribution in [0.5, 0.6) is 0 Å². The molecule has 1 unspecified atom stereocenters. The number of hydrogen-bond acceptors (Lipinski definition) is 4. The lowest BCUT2D eigenvalue weighted by atomic mass is 10.1. The van der Waals surface area contributed by atoms with Crippen LogP contribution in [-0.2, 0) is 4.74 Å². The minimum absolute atomic E-state index is 0.00418. The molecule has 0 spiro atoms. The number of aliphatic hydroxyl groups excluding tert-OH is 1. The van der Waals surface area contributed by atoms with E-state index in [9.17, 15) is 4.79 Å². The fraction of sp³-hybridized carbons (Fsp3) is 0.462. The van der Waals surface area contributed by atoms with Gasteiger partial charge in [-0.15, -0.1) is 0 Å². The lowest BCUT2D eigenvalue weighted by Crippen LogP contribution is -2.39. The number of aryl methyl sites for hydroxylation is 1. The molecule has 1 aromatic rings. The molecule has 1 aromatic carbocycles. The normalized spacial score (nSPS) is 12.2. The zero-order chi connectivity index (χ0) is 13.5. The fourth-order valence-electron chi connectivity index (χ4n) is 1.70. The molecule has 0 saturated carbocycles. The smallest absolute Gasteiger partial charge is 0.251 e. The predicted octanol–water partition coefficient (Wildman–Crippen LogP) is 0.704. The second kappa shape index (κ2) is 6.98. The van der Waals surface area contributed by atoms with E-state index in [1.165, 1.54) is 0 Å². The van der Waals surface area contributed by atoms with E-state index < -0.39 is 0 Å². The summed E-state index contributed by atoms with van der Waals surface area (Å²) in [5, 5.41) is 11.7. The van der Waals surface area contributed by atoms with Crippen LogP contribution < -0.4 is 11.1 Å². The number of ether oxygens (including phenoxy) is 1. The van der Waals surface area contributed by atoms with Gasteiger partial charge in [0.05, 0.1) is 12.6 Å². The molecule has 1 amide bonds. The zero-order valence-corrected chi connectivity index (χ0v) is 10.8. The Kier molecular flexibility index (Phi) is 5.61. The summed E-state index contributed by atoms with van der Waals surface area (Å²) >= 11 is 0. The molecule has 0 aliphatic rings. The summed E-state index contributed by atoms with van der Waals surface area (Å²) in [5.41, 5.74) is 7.63. The van der Waals surface area contributed by atoms with Crippen molar-refractivity contribution in [1.29, 1.82) is 0 Å². The molecule has 0 bridgehead atoms. The molecule has 0 aliphatic carbocycles. The Morgan fingerprint density at radius 2 is 2.28 bits per heavy atom. The summed E-state index contributed by atoms with van der Waals surface area (Å²) < 4.78 is 5.00. The molecule has 5 nitrogen and oxygen atoms in total. The van der Waals surface area contributed by atoms with Crippen molar-refractivity contribution >= 4 is 11.6 Å². The summed E-state index contributed by atoms with van der Waals surface area (Å²) in [7, 11) is 1.56. The minimum Gasteiger partial charge on any atom is -0.399 e. The van der Waals surface area contributed by atoms with Crippen LogP contribution in [0.1, 0.15) is 22.3 Å². The second-order valence-electron chi connectivity index (χ2n) is 4.21. The standard InChI is InChI=1S/C13H20N2O3/c1-9-3-4-10(14)7-12(9)13(17)15-11(5-6-16)8-18-2/h3-4,7,11,16H,5-6,8,14H2,1-2H3,(H,15,17). The van der Waals surface area contributed by atoms with Crippen molar-refractivity contribution in [2.75, 3.05) is 26.1 Å². The highest BCUT2D eigenvalue weighted by molar-refractivity contribution is 5.96. The number of nitrogens with two attached hydrogens (primary N) is 1. The number of aliphatic hydroxyl groups is 1. The van der Waals surface area contributed by atoms with Gasteiger partial charge in [-0.25, -0.2) is 0 Å². The van der Waals surface area contributed by atoms with Gasteiger partial charge < -0.3 is 20.9 Å². The first kappa shape index (κ1) is 14.5. The number of amides is 1. The van der Waals surface area contributed by atoms with Crippen LogP contribution in [0.3, 0.4) is 0 Å². The van der Waals surface area contributed by atoms with Crippen LogP contribution in [0.15, 0.2) is 18.2 Å². The Balaban J connectivity index is 2.76. The number of benzene rings is 1. The maximum Gasteiger partial charge on any atom is 0.251 e. The number of rotatable bonds is 6. The third kappa shape index (κ3) is 4.01. The average molecular weight is 252 g/mol. The average Bonchev–Trinajstić information content (AvgIpc) is 2.33. The molecule has 0 aliphatic heterocycles. The Hall–Kier alpha value is -1.59. The Morgan fingerprint density at radius 3 is 2.89 bits per heavy atom.